The van der Waals surface area contributed by atoms with Gasteiger partial charge in [-0.1, -0.05) is 6.92 Å². The lowest BCUT2D eigenvalue weighted by Crippen LogP contribution is -2.86. The summed E-state index contributed by atoms with van der Waals surface area (Å²) in [7, 11) is 2.15. The van der Waals surface area contributed by atoms with Gasteiger partial charge in [-0.3, -0.25) is 0 Å². The molecule has 0 rings (SSSR count). The molecule has 3 nitrogen and oxygen atoms in total. The van der Waals surface area contributed by atoms with Crippen molar-refractivity contribution in [2.45, 2.75) is 13.8 Å². The second-order valence-corrected chi connectivity index (χ2v) is 2.96. The van der Waals surface area contributed by atoms with Gasteiger partial charge in [0.25, 0.3) is 0 Å². The lowest BCUT2D eigenvalue weighted by molar-refractivity contribution is -0.655. The summed E-state index contributed by atoms with van der Waals surface area (Å²) >= 11 is 0. The molecule has 3 heteroatoms. The van der Waals surface area contributed by atoms with Gasteiger partial charge in [0.15, 0.2) is 0 Å². The van der Waals surface area contributed by atoms with Gasteiger partial charge in [0, 0.05) is 13.2 Å². The largest absolute Gasteiger partial charge is 0.376 e. The molecular weight excluding hydrogens is 152 g/mol. The number of quaternary nitrogens is 1. The highest BCUT2D eigenvalue weighted by atomic mass is 16.5. The van der Waals surface area contributed by atoms with E-state index in [0.29, 0.717) is 0 Å². The summed E-state index contributed by atoms with van der Waals surface area (Å²) in [6.45, 7) is 10.5. The first-order valence-electron chi connectivity index (χ1n) is 4.89. The molecule has 0 aromatic rings. The third-order valence-corrected chi connectivity index (χ3v) is 1.93. The topological polar surface area (TPSA) is 29.1 Å². The summed E-state index contributed by atoms with van der Waals surface area (Å²) in [5.41, 5.74) is 0. The highest BCUT2D eigenvalue weighted by molar-refractivity contribution is 4.42. The zero-order valence-electron chi connectivity index (χ0n) is 8.68. The molecule has 0 atom stereocenters. The summed E-state index contributed by atoms with van der Waals surface area (Å²) in [5.74, 6) is 0. The van der Waals surface area contributed by atoms with E-state index in [1.54, 1.807) is 0 Å². The van der Waals surface area contributed by atoms with E-state index in [4.69, 9.17) is 4.74 Å². The van der Waals surface area contributed by atoms with Crippen LogP contribution in [0.15, 0.2) is 0 Å². The number of nitrogens with two attached hydrogens (primary N) is 1. The first kappa shape index (κ1) is 11.9. The second-order valence-electron chi connectivity index (χ2n) is 2.96. The normalized spacial score (nSPS) is 11.0. The van der Waals surface area contributed by atoms with Gasteiger partial charge in [-0.15, -0.1) is 0 Å². The van der Waals surface area contributed by atoms with Crippen LogP contribution >= 0.6 is 0 Å². The molecule has 0 aliphatic heterocycles. The van der Waals surface area contributed by atoms with Gasteiger partial charge in [0.05, 0.1) is 19.7 Å². The van der Waals surface area contributed by atoms with E-state index in [0.717, 1.165) is 26.3 Å². The molecular formula is C9H23N2O+. The van der Waals surface area contributed by atoms with Crippen LogP contribution in [-0.2, 0) is 4.74 Å². The Kier molecular flexibility index (Phi) is 8.88. The number of hydrogen-bond acceptors (Lipinski definition) is 2. The Labute approximate surface area is 76.1 Å². The van der Waals surface area contributed by atoms with E-state index in [1.165, 1.54) is 13.1 Å². The fourth-order valence-electron chi connectivity index (χ4n) is 0.925. The third-order valence-electron chi connectivity index (χ3n) is 1.93. The highest BCUT2D eigenvalue weighted by Gasteiger charge is 1.95. The predicted octanol–water partition coefficient (Wildman–Crippen LogP) is -0.462. The van der Waals surface area contributed by atoms with Gasteiger partial charge >= 0.3 is 0 Å². The maximum Gasteiger partial charge on any atom is 0.0993 e. The van der Waals surface area contributed by atoms with Crippen molar-refractivity contribution in [3.8, 4) is 0 Å². The van der Waals surface area contributed by atoms with Crippen molar-refractivity contribution in [1.82, 2.24) is 4.90 Å². The van der Waals surface area contributed by atoms with Crippen molar-refractivity contribution in [3.05, 3.63) is 0 Å². The van der Waals surface area contributed by atoms with Crippen LogP contribution in [0.4, 0.5) is 0 Å². The Bertz CT molecular complexity index is 88.6. The van der Waals surface area contributed by atoms with Crippen molar-refractivity contribution in [2.24, 2.45) is 0 Å². The Morgan fingerprint density at radius 1 is 1.25 bits per heavy atom. The molecule has 0 amide bonds. The van der Waals surface area contributed by atoms with E-state index in [1.807, 2.05) is 6.92 Å². The van der Waals surface area contributed by atoms with Crippen LogP contribution < -0.4 is 5.32 Å². The zero-order valence-corrected chi connectivity index (χ0v) is 8.68. The molecule has 74 valence electrons. The van der Waals surface area contributed by atoms with E-state index in [2.05, 4.69) is 24.2 Å². The number of rotatable bonds is 8. The molecule has 0 radical (unpaired) electrons. The average molecular weight is 175 g/mol. The maximum absolute atomic E-state index is 5.22. The third kappa shape index (κ3) is 7.98. The molecule has 12 heavy (non-hydrogen) atoms. The molecule has 0 spiro atoms. The highest BCUT2D eigenvalue weighted by Crippen LogP contribution is 1.74. The van der Waals surface area contributed by atoms with Gasteiger partial charge in [-0.25, -0.2) is 0 Å². The van der Waals surface area contributed by atoms with Crippen LogP contribution in [0.5, 0.6) is 0 Å². The smallest absolute Gasteiger partial charge is 0.0993 e. The summed E-state index contributed by atoms with van der Waals surface area (Å²) in [6.07, 6.45) is 0. The molecule has 0 aliphatic rings. The molecule has 0 aliphatic carbocycles. The fourth-order valence-corrected chi connectivity index (χ4v) is 0.925. The van der Waals surface area contributed by atoms with Gasteiger partial charge < -0.3 is 15.0 Å². The molecule has 0 unspecified atom stereocenters. The number of ether oxygens (including phenoxy) is 1. The predicted molar refractivity (Wildman–Crippen MR) is 51.3 cm³/mol. The maximum atomic E-state index is 5.22. The van der Waals surface area contributed by atoms with Crippen LogP contribution in [0.3, 0.4) is 0 Å². The van der Waals surface area contributed by atoms with E-state index < -0.39 is 0 Å². The Balaban J connectivity index is 2.90. The number of hydrogen-bond donors (Lipinski definition) is 1. The second kappa shape index (κ2) is 8.97. The van der Waals surface area contributed by atoms with E-state index in [-0.39, 0.29) is 0 Å². The van der Waals surface area contributed by atoms with Gasteiger partial charge in [-0.05, 0) is 20.5 Å². The van der Waals surface area contributed by atoms with E-state index in [9.17, 15) is 0 Å². The van der Waals surface area contributed by atoms with Crippen LogP contribution in [0.1, 0.15) is 13.8 Å². The number of likely N-dealkylation sites (N-methyl/N-ethyl adjacent to an activating group) is 1. The summed E-state index contributed by atoms with van der Waals surface area (Å²) < 4.78 is 5.22. The molecule has 0 fully saturated rings. The molecule has 0 saturated heterocycles. The van der Waals surface area contributed by atoms with Crippen molar-refractivity contribution < 1.29 is 10.1 Å². The number of nitrogens with zero attached hydrogens (tertiary/aromatic N) is 1. The standard InChI is InChI=1S/C9H22N2O/c1-4-11(3)8-6-10-7-9-12-5-2/h10H,4-9H2,1-3H3/p+1. The first-order chi connectivity index (χ1) is 5.81. The van der Waals surface area contributed by atoms with E-state index >= 15 is 0 Å². The molecule has 0 aromatic heterocycles. The quantitative estimate of drug-likeness (QED) is 0.506. The average Bonchev–Trinajstić information content (AvgIpc) is 2.10. The Morgan fingerprint density at radius 3 is 2.58 bits per heavy atom. The molecule has 0 aromatic carbocycles. The molecule has 2 N–H and O–H groups in total. The van der Waals surface area contributed by atoms with Crippen molar-refractivity contribution in [2.75, 3.05) is 46.4 Å². The minimum atomic E-state index is 0.836. The molecule has 0 saturated carbocycles. The molecule has 0 heterocycles. The minimum Gasteiger partial charge on any atom is -0.376 e. The van der Waals surface area contributed by atoms with Crippen LogP contribution in [0.25, 0.3) is 0 Å². The Hall–Kier alpha value is -0.120. The van der Waals surface area contributed by atoms with Gasteiger partial charge in [0.1, 0.15) is 0 Å². The van der Waals surface area contributed by atoms with Crippen molar-refractivity contribution >= 4 is 0 Å². The zero-order chi connectivity index (χ0) is 9.23. The first-order valence-corrected chi connectivity index (χ1v) is 4.89. The summed E-state index contributed by atoms with van der Waals surface area (Å²) in [5, 5.41) is 2.31. The SMILES string of the molecule is CCOCC[NH2+]CCN(C)CC. The molecule has 0 bridgehead atoms. The summed E-state index contributed by atoms with van der Waals surface area (Å²) in [6, 6.07) is 0. The minimum absolute atomic E-state index is 0.836. The van der Waals surface area contributed by atoms with Crippen LogP contribution in [-0.4, -0.2) is 51.3 Å². The Morgan fingerprint density at radius 2 is 2.00 bits per heavy atom. The lowest BCUT2D eigenvalue weighted by atomic mass is 10.5. The van der Waals surface area contributed by atoms with Gasteiger partial charge in [0.2, 0.25) is 0 Å². The lowest BCUT2D eigenvalue weighted by Gasteiger charge is -2.11. The summed E-state index contributed by atoms with van der Waals surface area (Å²) in [4.78, 5) is 2.32. The fraction of sp³-hybridized carbons (Fsp3) is 1.00. The van der Waals surface area contributed by atoms with Gasteiger partial charge in [-0.2, -0.15) is 0 Å². The van der Waals surface area contributed by atoms with Crippen molar-refractivity contribution in [3.63, 3.8) is 0 Å². The van der Waals surface area contributed by atoms with Crippen LogP contribution in [0.2, 0.25) is 0 Å². The van der Waals surface area contributed by atoms with Crippen molar-refractivity contribution in [1.29, 1.82) is 0 Å². The van der Waals surface area contributed by atoms with Crippen LogP contribution in [0, 0.1) is 0 Å². The monoisotopic (exact) mass is 175 g/mol.